The molecule has 0 atom stereocenters. The van der Waals surface area contributed by atoms with Gasteiger partial charge in [-0.05, 0) is 19.1 Å². The van der Waals surface area contributed by atoms with Crippen molar-refractivity contribution in [2.24, 2.45) is 14.1 Å². The van der Waals surface area contributed by atoms with E-state index in [1.807, 2.05) is 0 Å². The van der Waals surface area contributed by atoms with E-state index in [4.69, 9.17) is 11.6 Å². The highest BCUT2D eigenvalue weighted by Crippen LogP contribution is 2.24. The fourth-order valence-electron chi connectivity index (χ4n) is 2.27. The van der Waals surface area contributed by atoms with Gasteiger partial charge in [-0.25, -0.2) is 9.97 Å². The Morgan fingerprint density at radius 2 is 1.55 bits per heavy atom. The van der Waals surface area contributed by atoms with E-state index in [1.165, 1.54) is 9.13 Å². The molecule has 3 rings (SSSR count). The summed E-state index contributed by atoms with van der Waals surface area (Å²) >= 11 is 6.12. The Labute approximate surface area is 118 Å². The predicted octanol–water partition coefficient (Wildman–Crippen LogP) is 1.14. The van der Waals surface area contributed by atoms with E-state index < -0.39 is 11.1 Å². The quantitative estimate of drug-likeness (QED) is 0.354. The van der Waals surface area contributed by atoms with Crippen molar-refractivity contribution in [3.63, 3.8) is 0 Å². The van der Waals surface area contributed by atoms with Crippen LogP contribution < -0.4 is 11.1 Å². The van der Waals surface area contributed by atoms with Crippen LogP contribution in [0.4, 0.5) is 0 Å². The highest BCUT2D eigenvalue weighted by Gasteiger charge is 2.12. The number of fused-ring (bicyclic) bond motifs is 2. The summed E-state index contributed by atoms with van der Waals surface area (Å²) in [5.41, 5.74) is 0.723. The number of benzene rings is 1. The van der Waals surface area contributed by atoms with Crippen molar-refractivity contribution in [2.75, 3.05) is 0 Å². The minimum atomic E-state index is -0.580. The average molecular weight is 291 g/mol. The molecule has 3 aromatic rings. The summed E-state index contributed by atoms with van der Waals surface area (Å²) < 4.78 is 2.63. The van der Waals surface area contributed by atoms with Crippen LogP contribution in [0.25, 0.3) is 21.9 Å². The molecule has 0 saturated carbocycles. The third-order valence-electron chi connectivity index (χ3n) is 3.37. The first-order chi connectivity index (χ1) is 9.40. The molecular weight excluding hydrogens is 280 g/mol. The lowest BCUT2D eigenvalue weighted by Crippen LogP contribution is -2.39. The second-order valence-electron chi connectivity index (χ2n) is 4.65. The number of aryl methyl sites for hydroxylation is 3. The number of nitrogens with zero attached hydrogens (tertiary/aromatic N) is 4. The minimum absolute atomic E-state index is 0.329. The monoisotopic (exact) mass is 290 g/mol. The smallest absolute Gasteiger partial charge is 0.305 e. The van der Waals surface area contributed by atoms with Crippen LogP contribution in [-0.2, 0) is 14.1 Å². The molecule has 0 aliphatic carbocycles. The first kappa shape index (κ1) is 12.8. The van der Waals surface area contributed by atoms with Gasteiger partial charge in [0.1, 0.15) is 11.0 Å². The van der Waals surface area contributed by atoms with Crippen LogP contribution in [0, 0.1) is 6.92 Å². The molecule has 1 aromatic carbocycles. The van der Waals surface area contributed by atoms with Gasteiger partial charge in [-0.2, -0.15) is 0 Å². The third-order valence-corrected chi connectivity index (χ3v) is 3.66. The highest BCUT2D eigenvalue weighted by atomic mass is 35.5. The standard InChI is InChI=1S/C13H11ClN4O2/c1-6-15-8-5-10-9(4-7(8)11(14)16-6)17(2)12(19)13(20)18(10)3/h4-5H,1-3H3. The van der Waals surface area contributed by atoms with Gasteiger partial charge >= 0.3 is 11.1 Å². The molecule has 2 aromatic heterocycles. The van der Waals surface area contributed by atoms with E-state index >= 15 is 0 Å². The number of aromatic nitrogens is 4. The number of hydrogen-bond donors (Lipinski definition) is 0. The van der Waals surface area contributed by atoms with E-state index in [0.29, 0.717) is 32.9 Å². The zero-order valence-corrected chi connectivity index (χ0v) is 11.9. The maximum absolute atomic E-state index is 11.8. The fourth-order valence-corrected chi connectivity index (χ4v) is 2.54. The Balaban J connectivity index is 2.65. The molecule has 0 N–H and O–H groups in total. The van der Waals surface area contributed by atoms with Gasteiger partial charge in [-0.1, -0.05) is 11.6 Å². The van der Waals surface area contributed by atoms with E-state index in [1.54, 1.807) is 33.2 Å². The summed E-state index contributed by atoms with van der Waals surface area (Å²) in [5.74, 6) is 0.552. The molecule has 0 aliphatic heterocycles. The zero-order valence-electron chi connectivity index (χ0n) is 11.1. The van der Waals surface area contributed by atoms with Gasteiger partial charge in [0.2, 0.25) is 0 Å². The van der Waals surface area contributed by atoms with E-state index in [9.17, 15) is 9.59 Å². The molecule has 0 spiro atoms. The molecule has 0 saturated heterocycles. The molecule has 0 radical (unpaired) electrons. The second-order valence-corrected chi connectivity index (χ2v) is 5.01. The maximum Gasteiger partial charge on any atom is 0.316 e. The molecule has 2 heterocycles. The molecule has 0 bridgehead atoms. The second kappa shape index (κ2) is 4.14. The SMILES string of the molecule is Cc1nc(Cl)c2cc3c(cc2n1)n(C)c(=O)c(=O)n3C. The van der Waals surface area contributed by atoms with Crippen molar-refractivity contribution in [1.82, 2.24) is 19.1 Å². The van der Waals surface area contributed by atoms with Crippen LogP contribution in [0.2, 0.25) is 5.15 Å². The van der Waals surface area contributed by atoms with E-state index in [-0.39, 0.29) is 0 Å². The Hall–Kier alpha value is -2.21. The summed E-state index contributed by atoms with van der Waals surface area (Å²) in [4.78, 5) is 32.1. The Morgan fingerprint density at radius 1 is 1.00 bits per heavy atom. The molecule has 0 unspecified atom stereocenters. The molecule has 20 heavy (non-hydrogen) atoms. The Morgan fingerprint density at radius 3 is 2.15 bits per heavy atom. The van der Waals surface area contributed by atoms with Crippen molar-refractivity contribution in [1.29, 1.82) is 0 Å². The molecular formula is C13H11ClN4O2. The van der Waals surface area contributed by atoms with Gasteiger partial charge in [0.25, 0.3) is 0 Å². The molecule has 0 aliphatic rings. The topological polar surface area (TPSA) is 69.8 Å². The Bertz CT molecular complexity index is 988. The van der Waals surface area contributed by atoms with Crippen LogP contribution in [0.5, 0.6) is 0 Å². The largest absolute Gasteiger partial charge is 0.316 e. The lowest BCUT2D eigenvalue weighted by Gasteiger charge is -2.10. The van der Waals surface area contributed by atoms with Gasteiger partial charge < -0.3 is 9.13 Å². The van der Waals surface area contributed by atoms with Crippen LogP contribution in [-0.4, -0.2) is 19.1 Å². The van der Waals surface area contributed by atoms with Crippen LogP contribution >= 0.6 is 11.6 Å². The van der Waals surface area contributed by atoms with Gasteiger partial charge in [-0.15, -0.1) is 0 Å². The van der Waals surface area contributed by atoms with Crippen LogP contribution in [0.15, 0.2) is 21.7 Å². The summed E-state index contributed by atoms with van der Waals surface area (Å²) in [6.45, 7) is 1.75. The third kappa shape index (κ3) is 1.65. The zero-order chi connectivity index (χ0) is 14.6. The normalized spacial score (nSPS) is 11.4. The lowest BCUT2D eigenvalue weighted by atomic mass is 10.2. The van der Waals surface area contributed by atoms with Crippen molar-refractivity contribution >= 4 is 33.5 Å². The number of rotatable bonds is 0. The molecule has 6 nitrogen and oxygen atoms in total. The summed E-state index contributed by atoms with van der Waals surface area (Å²) in [7, 11) is 3.12. The highest BCUT2D eigenvalue weighted by molar-refractivity contribution is 6.34. The summed E-state index contributed by atoms with van der Waals surface area (Å²) in [5, 5.41) is 0.981. The average Bonchev–Trinajstić information content (AvgIpc) is 2.41. The maximum atomic E-state index is 11.8. The van der Waals surface area contributed by atoms with Gasteiger partial charge in [-0.3, -0.25) is 9.59 Å². The summed E-state index contributed by atoms with van der Waals surface area (Å²) in [6, 6.07) is 3.47. The van der Waals surface area contributed by atoms with Crippen LogP contribution in [0.3, 0.4) is 0 Å². The lowest BCUT2D eigenvalue weighted by molar-refractivity contribution is 0.799. The van der Waals surface area contributed by atoms with Gasteiger partial charge in [0, 0.05) is 19.5 Å². The number of hydrogen-bond acceptors (Lipinski definition) is 4. The van der Waals surface area contributed by atoms with E-state index in [2.05, 4.69) is 9.97 Å². The van der Waals surface area contributed by atoms with E-state index in [0.717, 1.165) is 0 Å². The van der Waals surface area contributed by atoms with Crippen molar-refractivity contribution in [3.8, 4) is 0 Å². The summed E-state index contributed by atoms with van der Waals surface area (Å²) in [6.07, 6.45) is 0. The van der Waals surface area contributed by atoms with Gasteiger partial charge in [0.15, 0.2) is 0 Å². The molecule has 0 fully saturated rings. The number of halogens is 1. The first-order valence-electron chi connectivity index (χ1n) is 5.94. The molecule has 102 valence electrons. The molecule has 0 amide bonds. The van der Waals surface area contributed by atoms with Gasteiger partial charge in [0.05, 0.1) is 16.6 Å². The Kier molecular flexibility index (Phi) is 2.65. The molecule has 7 heteroatoms. The fraction of sp³-hybridized carbons (Fsp3) is 0.231. The van der Waals surface area contributed by atoms with Crippen molar-refractivity contribution in [3.05, 3.63) is 43.8 Å². The minimum Gasteiger partial charge on any atom is -0.305 e. The van der Waals surface area contributed by atoms with Crippen molar-refractivity contribution in [2.45, 2.75) is 6.92 Å². The predicted molar refractivity (Wildman–Crippen MR) is 77.3 cm³/mol. The van der Waals surface area contributed by atoms with Crippen molar-refractivity contribution < 1.29 is 0 Å². The first-order valence-corrected chi connectivity index (χ1v) is 6.31. The van der Waals surface area contributed by atoms with Crippen LogP contribution in [0.1, 0.15) is 5.82 Å².